The molecule has 0 spiro atoms. The van der Waals surface area contributed by atoms with E-state index < -0.39 is 0 Å². The second-order valence-corrected chi connectivity index (χ2v) is 4.84. The highest BCUT2D eigenvalue weighted by Gasteiger charge is 2.37. The zero-order chi connectivity index (χ0) is 12.3. The standard InChI is InChI=1S/C11H22N6/c1-3-17(8-10-13-15-16(2)14-10)11(9-12)6-4-5-7-11/h3-9,12H2,1-2H3. The molecule has 6 nitrogen and oxygen atoms in total. The third-order valence-corrected chi connectivity index (χ3v) is 3.85. The molecule has 17 heavy (non-hydrogen) atoms. The van der Waals surface area contributed by atoms with Crippen LogP contribution in [0.3, 0.4) is 0 Å². The molecular formula is C11H22N6. The van der Waals surface area contributed by atoms with Crippen molar-refractivity contribution in [2.45, 2.75) is 44.7 Å². The average Bonchev–Trinajstić information content (AvgIpc) is 2.95. The summed E-state index contributed by atoms with van der Waals surface area (Å²) in [5, 5.41) is 12.2. The predicted molar refractivity (Wildman–Crippen MR) is 65.1 cm³/mol. The summed E-state index contributed by atoms with van der Waals surface area (Å²) in [6.07, 6.45) is 4.94. The quantitative estimate of drug-likeness (QED) is 0.799. The normalized spacial score (nSPS) is 19.1. The molecule has 1 aromatic heterocycles. The molecule has 0 saturated heterocycles. The predicted octanol–water partition coefficient (Wildman–Crippen LogP) is 0.304. The van der Waals surface area contributed by atoms with Gasteiger partial charge < -0.3 is 5.73 Å². The first kappa shape index (κ1) is 12.4. The van der Waals surface area contributed by atoms with Crippen molar-refractivity contribution in [3.05, 3.63) is 5.82 Å². The molecule has 0 amide bonds. The Morgan fingerprint density at radius 2 is 2.12 bits per heavy atom. The first-order chi connectivity index (χ1) is 8.20. The van der Waals surface area contributed by atoms with Crippen molar-refractivity contribution in [3.63, 3.8) is 0 Å². The number of nitrogens with zero attached hydrogens (tertiary/aromatic N) is 5. The molecule has 1 aromatic rings. The van der Waals surface area contributed by atoms with E-state index >= 15 is 0 Å². The molecule has 2 N–H and O–H groups in total. The highest BCUT2D eigenvalue weighted by atomic mass is 15.6. The smallest absolute Gasteiger partial charge is 0.188 e. The van der Waals surface area contributed by atoms with Crippen molar-refractivity contribution in [1.82, 2.24) is 25.1 Å². The summed E-state index contributed by atoms with van der Waals surface area (Å²) in [5.41, 5.74) is 6.16. The van der Waals surface area contributed by atoms with Crippen LogP contribution in [0.5, 0.6) is 0 Å². The first-order valence-electron chi connectivity index (χ1n) is 6.38. The molecule has 0 radical (unpaired) electrons. The molecule has 0 aromatic carbocycles. The van der Waals surface area contributed by atoms with Gasteiger partial charge >= 0.3 is 0 Å². The maximum atomic E-state index is 6.00. The van der Waals surface area contributed by atoms with Crippen molar-refractivity contribution >= 4 is 0 Å². The highest BCUT2D eigenvalue weighted by Crippen LogP contribution is 2.34. The minimum Gasteiger partial charge on any atom is -0.329 e. The van der Waals surface area contributed by atoms with Crippen molar-refractivity contribution in [2.75, 3.05) is 13.1 Å². The van der Waals surface area contributed by atoms with Gasteiger partial charge in [-0.1, -0.05) is 19.8 Å². The zero-order valence-electron chi connectivity index (χ0n) is 10.8. The van der Waals surface area contributed by atoms with Gasteiger partial charge in [0, 0.05) is 12.1 Å². The Kier molecular flexibility index (Phi) is 3.73. The van der Waals surface area contributed by atoms with E-state index in [1.807, 2.05) is 0 Å². The van der Waals surface area contributed by atoms with Crippen LogP contribution >= 0.6 is 0 Å². The van der Waals surface area contributed by atoms with Gasteiger partial charge in [0.2, 0.25) is 0 Å². The molecule has 2 rings (SSSR count). The Hall–Kier alpha value is -1.01. The lowest BCUT2D eigenvalue weighted by Crippen LogP contribution is -2.51. The number of likely N-dealkylation sites (N-methyl/N-ethyl adjacent to an activating group) is 1. The summed E-state index contributed by atoms with van der Waals surface area (Å²) in [7, 11) is 1.79. The Bertz CT molecular complexity index is 355. The number of hydrogen-bond donors (Lipinski definition) is 1. The summed E-state index contributed by atoms with van der Waals surface area (Å²) < 4.78 is 0. The second-order valence-electron chi connectivity index (χ2n) is 4.84. The van der Waals surface area contributed by atoms with Crippen molar-refractivity contribution in [1.29, 1.82) is 0 Å². The molecule has 0 aliphatic heterocycles. The van der Waals surface area contributed by atoms with Gasteiger partial charge in [0.05, 0.1) is 13.6 Å². The van der Waals surface area contributed by atoms with Gasteiger partial charge in [0.1, 0.15) is 0 Å². The molecule has 1 heterocycles. The molecule has 1 aliphatic carbocycles. The maximum absolute atomic E-state index is 6.00. The first-order valence-corrected chi connectivity index (χ1v) is 6.38. The Morgan fingerprint density at radius 1 is 1.41 bits per heavy atom. The van der Waals surface area contributed by atoms with Gasteiger partial charge in [-0.2, -0.15) is 4.80 Å². The zero-order valence-corrected chi connectivity index (χ0v) is 10.8. The van der Waals surface area contributed by atoms with Crippen LogP contribution in [0, 0.1) is 0 Å². The molecular weight excluding hydrogens is 216 g/mol. The lowest BCUT2D eigenvalue weighted by Gasteiger charge is -2.39. The molecule has 96 valence electrons. The summed E-state index contributed by atoms with van der Waals surface area (Å²) in [6.45, 7) is 4.63. The largest absolute Gasteiger partial charge is 0.329 e. The lowest BCUT2D eigenvalue weighted by molar-refractivity contribution is 0.0939. The van der Waals surface area contributed by atoms with Gasteiger partial charge in [-0.3, -0.25) is 4.90 Å². The number of aromatic nitrogens is 4. The number of tetrazole rings is 1. The summed E-state index contributed by atoms with van der Waals surface area (Å²) in [5.74, 6) is 0.786. The molecule has 0 atom stereocenters. The molecule has 0 bridgehead atoms. The van der Waals surface area contributed by atoms with Crippen molar-refractivity contribution in [3.8, 4) is 0 Å². The fraction of sp³-hybridized carbons (Fsp3) is 0.909. The van der Waals surface area contributed by atoms with Crippen molar-refractivity contribution < 1.29 is 0 Å². The average molecular weight is 238 g/mol. The highest BCUT2D eigenvalue weighted by molar-refractivity contribution is 4.97. The summed E-state index contributed by atoms with van der Waals surface area (Å²) in [4.78, 5) is 3.92. The van der Waals surface area contributed by atoms with E-state index in [-0.39, 0.29) is 5.54 Å². The van der Waals surface area contributed by atoms with E-state index in [1.165, 1.54) is 30.5 Å². The number of aryl methyl sites for hydroxylation is 1. The van der Waals surface area contributed by atoms with Crippen LogP contribution in [-0.2, 0) is 13.6 Å². The third kappa shape index (κ3) is 2.47. The van der Waals surface area contributed by atoms with Gasteiger partial charge in [0.15, 0.2) is 5.82 Å². The van der Waals surface area contributed by atoms with Crippen LogP contribution in [0.15, 0.2) is 0 Å². The van der Waals surface area contributed by atoms with Crippen LogP contribution in [-0.4, -0.2) is 43.7 Å². The Morgan fingerprint density at radius 3 is 2.59 bits per heavy atom. The molecule has 1 fully saturated rings. The van der Waals surface area contributed by atoms with Gasteiger partial charge in [-0.15, -0.1) is 10.2 Å². The van der Waals surface area contributed by atoms with Crippen molar-refractivity contribution in [2.24, 2.45) is 12.8 Å². The van der Waals surface area contributed by atoms with Crippen LogP contribution in [0.2, 0.25) is 0 Å². The van der Waals surface area contributed by atoms with Crippen LogP contribution in [0.1, 0.15) is 38.4 Å². The minimum absolute atomic E-state index is 0.161. The lowest BCUT2D eigenvalue weighted by atomic mass is 9.95. The summed E-state index contributed by atoms with van der Waals surface area (Å²) >= 11 is 0. The molecule has 1 saturated carbocycles. The fourth-order valence-electron chi connectivity index (χ4n) is 2.85. The van der Waals surface area contributed by atoms with Crippen LogP contribution in [0.4, 0.5) is 0 Å². The fourth-order valence-corrected chi connectivity index (χ4v) is 2.85. The van der Waals surface area contributed by atoms with Gasteiger partial charge in [-0.25, -0.2) is 0 Å². The second kappa shape index (κ2) is 5.10. The van der Waals surface area contributed by atoms with E-state index in [9.17, 15) is 0 Å². The third-order valence-electron chi connectivity index (χ3n) is 3.85. The maximum Gasteiger partial charge on any atom is 0.188 e. The number of rotatable bonds is 5. The molecule has 6 heteroatoms. The van der Waals surface area contributed by atoms with E-state index in [2.05, 4.69) is 27.2 Å². The SMILES string of the molecule is CCN(Cc1nnn(C)n1)C1(CN)CCCC1. The topological polar surface area (TPSA) is 72.9 Å². The number of hydrogen-bond acceptors (Lipinski definition) is 5. The monoisotopic (exact) mass is 238 g/mol. The van der Waals surface area contributed by atoms with Gasteiger partial charge in [-0.05, 0) is 24.6 Å². The van der Waals surface area contributed by atoms with Crippen LogP contribution < -0.4 is 5.73 Å². The van der Waals surface area contributed by atoms with E-state index in [4.69, 9.17) is 5.73 Å². The minimum atomic E-state index is 0.161. The Labute approximate surface area is 102 Å². The van der Waals surface area contributed by atoms with E-state index in [0.717, 1.165) is 25.5 Å². The molecule has 1 aliphatic rings. The number of nitrogens with two attached hydrogens (primary N) is 1. The van der Waals surface area contributed by atoms with E-state index in [0.29, 0.717) is 0 Å². The van der Waals surface area contributed by atoms with E-state index in [1.54, 1.807) is 7.05 Å². The van der Waals surface area contributed by atoms with Crippen LogP contribution in [0.25, 0.3) is 0 Å². The Balaban J connectivity index is 2.10. The summed E-state index contributed by atoms with van der Waals surface area (Å²) in [6, 6.07) is 0. The molecule has 0 unspecified atom stereocenters. The van der Waals surface area contributed by atoms with Gasteiger partial charge in [0.25, 0.3) is 0 Å².